The van der Waals surface area contributed by atoms with Crippen LogP contribution in [0, 0.1) is 0 Å². The van der Waals surface area contributed by atoms with Gasteiger partial charge in [0.25, 0.3) is 5.91 Å². The highest BCUT2D eigenvalue weighted by Gasteiger charge is 2.20. The highest BCUT2D eigenvalue weighted by atomic mass is 16.2. The summed E-state index contributed by atoms with van der Waals surface area (Å²) in [5.74, 6) is -0.0826. The van der Waals surface area contributed by atoms with E-state index in [1.54, 1.807) is 24.3 Å². The molecule has 0 fully saturated rings. The first-order valence-corrected chi connectivity index (χ1v) is 9.29. The molecular formula is C23H20N4O2. The van der Waals surface area contributed by atoms with E-state index in [4.69, 9.17) is 5.73 Å². The number of amides is 2. The summed E-state index contributed by atoms with van der Waals surface area (Å²) < 4.78 is 0. The van der Waals surface area contributed by atoms with Crippen molar-refractivity contribution in [1.29, 1.82) is 0 Å². The van der Waals surface area contributed by atoms with Gasteiger partial charge in [-0.15, -0.1) is 0 Å². The Morgan fingerprint density at radius 3 is 2.24 bits per heavy atom. The maximum atomic E-state index is 12.8. The number of nitrogens with zero attached hydrogens (tertiary/aromatic N) is 1. The fourth-order valence-corrected chi connectivity index (χ4v) is 3.23. The molecule has 0 aliphatic heterocycles. The van der Waals surface area contributed by atoms with Gasteiger partial charge in [0.15, 0.2) is 0 Å². The first kappa shape index (κ1) is 18.4. The quantitative estimate of drug-likeness (QED) is 0.475. The second kappa shape index (κ2) is 7.98. The van der Waals surface area contributed by atoms with Crippen molar-refractivity contribution in [3.05, 3.63) is 101 Å². The van der Waals surface area contributed by atoms with Crippen LogP contribution in [0.4, 0.5) is 0 Å². The maximum absolute atomic E-state index is 12.8. The third kappa shape index (κ3) is 4.16. The van der Waals surface area contributed by atoms with E-state index in [1.165, 1.54) is 0 Å². The van der Waals surface area contributed by atoms with Crippen molar-refractivity contribution in [2.24, 2.45) is 5.73 Å². The monoisotopic (exact) mass is 384 g/mol. The average Bonchev–Trinajstić information content (AvgIpc) is 3.18. The summed E-state index contributed by atoms with van der Waals surface area (Å²) in [6.07, 6.45) is 0.589. The van der Waals surface area contributed by atoms with Crippen molar-refractivity contribution in [3.8, 4) is 0 Å². The Morgan fingerprint density at radius 2 is 1.55 bits per heavy atom. The number of aromatic amines is 1. The number of primary amides is 1. The Labute approximate surface area is 167 Å². The molecule has 1 heterocycles. The Bertz CT molecular complexity index is 1120. The van der Waals surface area contributed by atoms with Crippen molar-refractivity contribution in [1.82, 2.24) is 15.3 Å². The van der Waals surface area contributed by atoms with Crippen LogP contribution in [-0.2, 0) is 6.42 Å². The van der Waals surface area contributed by atoms with Crippen LogP contribution in [-0.4, -0.2) is 21.8 Å². The fraction of sp³-hybridized carbons (Fsp3) is 0.0870. The van der Waals surface area contributed by atoms with E-state index in [2.05, 4.69) is 15.3 Å². The van der Waals surface area contributed by atoms with Gasteiger partial charge in [-0.05, 0) is 48.4 Å². The molecule has 4 N–H and O–H groups in total. The molecule has 4 rings (SSSR count). The number of nitrogens with two attached hydrogens (primary N) is 1. The molecule has 0 saturated heterocycles. The number of rotatable bonds is 6. The Balaban J connectivity index is 1.62. The molecular weight excluding hydrogens is 364 g/mol. The minimum Gasteiger partial charge on any atom is -0.366 e. The SMILES string of the molecule is NC(=O)c1ccc(C(=O)NC(Cc2ccccc2)c2nc3ccccc3[nH]2)cc1. The number of benzene rings is 3. The van der Waals surface area contributed by atoms with Crippen LogP contribution in [0.1, 0.15) is 38.1 Å². The number of hydrogen-bond donors (Lipinski definition) is 3. The van der Waals surface area contributed by atoms with E-state index in [0.29, 0.717) is 23.4 Å². The van der Waals surface area contributed by atoms with Crippen LogP contribution in [0.3, 0.4) is 0 Å². The van der Waals surface area contributed by atoms with Crippen molar-refractivity contribution >= 4 is 22.8 Å². The Hall–Kier alpha value is -3.93. The van der Waals surface area contributed by atoms with Crippen LogP contribution in [0.5, 0.6) is 0 Å². The van der Waals surface area contributed by atoms with Gasteiger partial charge in [-0.25, -0.2) is 4.98 Å². The smallest absolute Gasteiger partial charge is 0.251 e. The number of carbonyl (C=O) groups excluding carboxylic acids is 2. The lowest BCUT2D eigenvalue weighted by atomic mass is 10.0. The summed E-state index contributed by atoms with van der Waals surface area (Å²) in [5, 5.41) is 3.06. The number of fused-ring (bicyclic) bond motifs is 1. The van der Waals surface area contributed by atoms with Gasteiger partial charge in [-0.2, -0.15) is 0 Å². The molecule has 0 bridgehead atoms. The number of imidazole rings is 1. The molecule has 3 aromatic carbocycles. The topological polar surface area (TPSA) is 101 Å². The van der Waals surface area contributed by atoms with E-state index in [-0.39, 0.29) is 11.9 Å². The molecule has 29 heavy (non-hydrogen) atoms. The molecule has 0 saturated carbocycles. The third-order valence-corrected chi connectivity index (χ3v) is 4.76. The van der Waals surface area contributed by atoms with Crippen LogP contribution < -0.4 is 11.1 Å². The van der Waals surface area contributed by atoms with Crippen LogP contribution in [0.2, 0.25) is 0 Å². The summed E-state index contributed by atoms with van der Waals surface area (Å²) in [5.41, 5.74) is 8.93. The number of nitrogens with one attached hydrogen (secondary N) is 2. The van der Waals surface area contributed by atoms with Crippen LogP contribution in [0.15, 0.2) is 78.9 Å². The molecule has 0 radical (unpaired) electrons. The van der Waals surface area contributed by atoms with Crippen molar-refractivity contribution in [2.75, 3.05) is 0 Å². The van der Waals surface area contributed by atoms with E-state index in [0.717, 1.165) is 16.6 Å². The number of hydrogen-bond acceptors (Lipinski definition) is 3. The van der Waals surface area contributed by atoms with Gasteiger partial charge in [-0.1, -0.05) is 42.5 Å². The molecule has 0 aliphatic rings. The van der Waals surface area contributed by atoms with Gasteiger partial charge in [-0.3, -0.25) is 9.59 Å². The van der Waals surface area contributed by atoms with Crippen molar-refractivity contribution in [2.45, 2.75) is 12.5 Å². The molecule has 6 nitrogen and oxygen atoms in total. The summed E-state index contributed by atoms with van der Waals surface area (Å²) in [4.78, 5) is 32.1. The van der Waals surface area contributed by atoms with E-state index in [1.807, 2.05) is 54.6 Å². The Kier molecular flexibility index (Phi) is 5.07. The first-order valence-electron chi connectivity index (χ1n) is 9.29. The second-order valence-electron chi connectivity index (χ2n) is 6.80. The maximum Gasteiger partial charge on any atom is 0.251 e. The number of carbonyl (C=O) groups is 2. The third-order valence-electron chi connectivity index (χ3n) is 4.76. The predicted octanol–water partition coefficient (Wildman–Crippen LogP) is 3.38. The number of para-hydroxylation sites is 2. The van der Waals surface area contributed by atoms with Crippen molar-refractivity contribution in [3.63, 3.8) is 0 Å². The summed E-state index contributed by atoms with van der Waals surface area (Å²) in [6, 6.07) is 23.6. The molecule has 144 valence electrons. The van der Waals surface area contributed by atoms with Gasteiger partial charge in [0.2, 0.25) is 5.91 Å². The van der Waals surface area contributed by atoms with Gasteiger partial charge in [0.1, 0.15) is 5.82 Å². The predicted molar refractivity (Wildman–Crippen MR) is 111 cm³/mol. The summed E-state index contributed by atoms with van der Waals surface area (Å²) >= 11 is 0. The van der Waals surface area contributed by atoms with Crippen LogP contribution in [0.25, 0.3) is 11.0 Å². The van der Waals surface area contributed by atoms with Gasteiger partial charge in [0, 0.05) is 11.1 Å². The molecule has 1 aromatic heterocycles. The Morgan fingerprint density at radius 1 is 0.897 bits per heavy atom. The van der Waals surface area contributed by atoms with E-state index < -0.39 is 5.91 Å². The van der Waals surface area contributed by atoms with Crippen molar-refractivity contribution < 1.29 is 9.59 Å². The van der Waals surface area contributed by atoms with E-state index in [9.17, 15) is 9.59 Å². The van der Waals surface area contributed by atoms with Gasteiger partial charge in [0.05, 0.1) is 17.1 Å². The summed E-state index contributed by atoms with van der Waals surface area (Å²) in [7, 11) is 0. The zero-order valence-corrected chi connectivity index (χ0v) is 15.6. The standard InChI is InChI=1S/C23H20N4O2/c24-21(28)16-10-12-17(13-11-16)23(29)27-20(14-15-6-2-1-3-7-15)22-25-18-8-4-5-9-19(18)26-22/h1-13,20H,14H2,(H2,24,28)(H,25,26)(H,27,29). The number of H-pyrrole nitrogens is 1. The fourth-order valence-electron chi connectivity index (χ4n) is 3.23. The molecule has 1 atom stereocenters. The minimum atomic E-state index is -0.527. The lowest BCUT2D eigenvalue weighted by Crippen LogP contribution is -2.30. The lowest BCUT2D eigenvalue weighted by Gasteiger charge is -2.17. The first-order chi connectivity index (χ1) is 14.1. The number of aromatic nitrogens is 2. The average molecular weight is 384 g/mol. The largest absolute Gasteiger partial charge is 0.366 e. The summed E-state index contributed by atoms with van der Waals surface area (Å²) in [6.45, 7) is 0. The van der Waals surface area contributed by atoms with Gasteiger partial charge < -0.3 is 16.0 Å². The van der Waals surface area contributed by atoms with Gasteiger partial charge >= 0.3 is 0 Å². The zero-order valence-electron chi connectivity index (χ0n) is 15.6. The molecule has 6 heteroatoms. The van der Waals surface area contributed by atoms with Crippen LogP contribution >= 0.6 is 0 Å². The molecule has 0 spiro atoms. The molecule has 2 amide bonds. The lowest BCUT2D eigenvalue weighted by molar-refractivity contribution is 0.0932. The zero-order chi connectivity index (χ0) is 20.2. The molecule has 0 aliphatic carbocycles. The molecule has 4 aromatic rings. The highest BCUT2D eigenvalue weighted by Crippen LogP contribution is 2.20. The highest BCUT2D eigenvalue weighted by molar-refractivity contribution is 5.97. The van der Waals surface area contributed by atoms with E-state index >= 15 is 0 Å². The normalized spacial score (nSPS) is 11.9. The minimum absolute atomic E-state index is 0.248. The second-order valence-corrected chi connectivity index (χ2v) is 6.80. The molecule has 1 unspecified atom stereocenters.